The summed E-state index contributed by atoms with van der Waals surface area (Å²) in [4.78, 5) is 35.6. The molecule has 1 atom stereocenters. The van der Waals surface area contributed by atoms with E-state index in [-0.39, 0.29) is 17.9 Å². The van der Waals surface area contributed by atoms with Gasteiger partial charge in [-0.1, -0.05) is 17.4 Å². The van der Waals surface area contributed by atoms with E-state index in [1.54, 1.807) is 23.2 Å². The Morgan fingerprint density at radius 1 is 1.17 bits per heavy atom. The van der Waals surface area contributed by atoms with Crippen LogP contribution in [0.4, 0.5) is 9.93 Å². The predicted molar refractivity (Wildman–Crippen MR) is 114 cm³/mol. The van der Waals surface area contributed by atoms with Crippen LogP contribution in [-0.2, 0) is 9.53 Å². The lowest BCUT2D eigenvalue weighted by Crippen LogP contribution is -2.53. The number of hydrogen-bond donors (Lipinski definition) is 0. The predicted octanol–water partition coefficient (Wildman–Crippen LogP) is 3.12. The summed E-state index contributed by atoms with van der Waals surface area (Å²) in [5, 5.41) is 1.01. The van der Waals surface area contributed by atoms with Gasteiger partial charge >= 0.3 is 6.09 Å². The Morgan fingerprint density at radius 2 is 1.93 bits per heavy atom. The molecule has 3 heterocycles. The van der Waals surface area contributed by atoms with Crippen molar-refractivity contribution < 1.29 is 14.3 Å². The molecule has 29 heavy (non-hydrogen) atoms. The molecule has 1 aromatic carbocycles. The molecule has 1 unspecified atom stereocenters. The molecule has 8 heteroatoms. The van der Waals surface area contributed by atoms with Gasteiger partial charge in [-0.2, -0.15) is 0 Å². The minimum absolute atomic E-state index is 0.00774. The highest BCUT2D eigenvalue weighted by molar-refractivity contribution is 7.22. The van der Waals surface area contributed by atoms with Crippen molar-refractivity contribution in [3.8, 4) is 0 Å². The fourth-order valence-corrected chi connectivity index (χ4v) is 5.19. The third-order valence-corrected chi connectivity index (χ3v) is 6.77. The number of piperazine rings is 1. The summed E-state index contributed by atoms with van der Waals surface area (Å²) in [6.07, 6.45) is 1.63. The van der Waals surface area contributed by atoms with Crippen molar-refractivity contribution >= 4 is 38.7 Å². The number of fused-ring (bicyclic) bond motifs is 1. The van der Waals surface area contributed by atoms with E-state index in [2.05, 4.69) is 30.0 Å². The van der Waals surface area contributed by atoms with E-state index in [4.69, 9.17) is 9.72 Å². The largest absolute Gasteiger partial charge is 0.450 e. The average molecular weight is 417 g/mol. The summed E-state index contributed by atoms with van der Waals surface area (Å²) < 4.78 is 6.26. The zero-order chi connectivity index (χ0) is 20.4. The van der Waals surface area contributed by atoms with Crippen LogP contribution in [0.25, 0.3) is 10.2 Å². The Bertz CT molecular complexity index is 891. The third-order valence-electron chi connectivity index (χ3n) is 5.69. The highest BCUT2D eigenvalue weighted by Gasteiger charge is 2.33. The Hall–Kier alpha value is -2.35. The SMILES string of the molecule is CCOC(=O)N1CCN(C(=O)C2CCCN(c3nc4ccc(C)cc4s3)C2)CC1. The van der Waals surface area contributed by atoms with Gasteiger partial charge in [-0.3, -0.25) is 4.79 Å². The van der Waals surface area contributed by atoms with Gasteiger partial charge in [0, 0.05) is 39.3 Å². The second kappa shape index (κ2) is 8.57. The topological polar surface area (TPSA) is 66.0 Å². The van der Waals surface area contributed by atoms with Crippen LogP contribution in [0.1, 0.15) is 25.3 Å². The van der Waals surface area contributed by atoms with E-state index in [0.29, 0.717) is 32.8 Å². The van der Waals surface area contributed by atoms with Crippen molar-refractivity contribution in [2.24, 2.45) is 5.92 Å². The third kappa shape index (κ3) is 4.32. The summed E-state index contributed by atoms with van der Waals surface area (Å²) >= 11 is 1.71. The van der Waals surface area contributed by atoms with E-state index in [1.165, 1.54) is 10.3 Å². The molecule has 2 fully saturated rings. The van der Waals surface area contributed by atoms with Gasteiger partial charge < -0.3 is 19.4 Å². The summed E-state index contributed by atoms with van der Waals surface area (Å²) in [6.45, 7) is 8.17. The van der Waals surface area contributed by atoms with Gasteiger partial charge in [0.25, 0.3) is 0 Å². The maximum Gasteiger partial charge on any atom is 0.409 e. The molecule has 0 spiro atoms. The Kier molecular flexibility index (Phi) is 5.89. The summed E-state index contributed by atoms with van der Waals surface area (Å²) in [7, 11) is 0. The highest BCUT2D eigenvalue weighted by atomic mass is 32.1. The summed E-state index contributed by atoms with van der Waals surface area (Å²) in [6, 6.07) is 6.33. The Labute approximate surface area is 175 Å². The first kappa shape index (κ1) is 19.9. The molecule has 0 saturated carbocycles. The Balaban J connectivity index is 1.38. The number of aromatic nitrogens is 1. The monoisotopic (exact) mass is 416 g/mol. The van der Waals surface area contributed by atoms with Crippen LogP contribution >= 0.6 is 11.3 Å². The average Bonchev–Trinajstić information content (AvgIpc) is 3.17. The fraction of sp³-hybridized carbons (Fsp3) is 0.571. The normalized spacial score (nSPS) is 20.2. The number of ether oxygens (including phenoxy) is 1. The van der Waals surface area contributed by atoms with E-state index < -0.39 is 0 Å². The lowest BCUT2D eigenvalue weighted by molar-refractivity contribution is -0.137. The number of piperidine rings is 1. The van der Waals surface area contributed by atoms with Crippen LogP contribution in [0.15, 0.2) is 18.2 Å². The number of benzene rings is 1. The van der Waals surface area contributed by atoms with Gasteiger partial charge in [0.15, 0.2) is 5.13 Å². The van der Waals surface area contributed by atoms with Crippen molar-refractivity contribution in [3.05, 3.63) is 23.8 Å². The van der Waals surface area contributed by atoms with Gasteiger partial charge in [-0.25, -0.2) is 9.78 Å². The standard InChI is InChI=1S/C21H28N4O3S/c1-3-28-21(27)24-11-9-23(10-12-24)19(26)16-5-4-8-25(14-16)20-22-17-7-6-15(2)13-18(17)29-20/h6-7,13,16H,3-5,8-12,14H2,1-2H3. The zero-order valence-electron chi connectivity index (χ0n) is 17.1. The van der Waals surface area contributed by atoms with Gasteiger partial charge in [0.1, 0.15) is 0 Å². The first-order chi connectivity index (χ1) is 14.0. The number of carbonyl (C=O) groups is 2. The zero-order valence-corrected chi connectivity index (χ0v) is 17.9. The molecule has 0 radical (unpaired) electrons. The van der Waals surface area contributed by atoms with Crippen LogP contribution in [0.5, 0.6) is 0 Å². The molecule has 2 saturated heterocycles. The van der Waals surface area contributed by atoms with Crippen LogP contribution in [-0.4, -0.2) is 72.7 Å². The number of anilines is 1. The van der Waals surface area contributed by atoms with E-state index in [9.17, 15) is 9.59 Å². The van der Waals surface area contributed by atoms with Crippen molar-refractivity contribution in [2.45, 2.75) is 26.7 Å². The van der Waals surface area contributed by atoms with Crippen LogP contribution < -0.4 is 4.90 Å². The molecule has 156 valence electrons. The van der Waals surface area contributed by atoms with Gasteiger partial charge in [0.05, 0.1) is 22.7 Å². The molecular formula is C21H28N4O3S. The quantitative estimate of drug-likeness (QED) is 0.769. The molecule has 4 rings (SSSR count). The van der Waals surface area contributed by atoms with Crippen molar-refractivity contribution in [1.82, 2.24) is 14.8 Å². The number of rotatable bonds is 3. The van der Waals surface area contributed by atoms with Crippen LogP contribution in [0, 0.1) is 12.8 Å². The molecule has 2 aromatic rings. The minimum atomic E-state index is -0.283. The Morgan fingerprint density at radius 3 is 2.69 bits per heavy atom. The number of aryl methyl sites for hydroxylation is 1. The van der Waals surface area contributed by atoms with Gasteiger partial charge in [-0.05, 0) is 44.4 Å². The van der Waals surface area contributed by atoms with E-state index in [1.807, 2.05) is 4.90 Å². The second-order valence-electron chi connectivity index (χ2n) is 7.76. The van der Waals surface area contributed by atoms with E-state index >= 15 is 0 Å². The molecule has 2 amide bonds. The highest BCUT2D eigenvalue weighted by Crippen LogP contribution is 2.32. The number of nitrogens with zero attached hydrogens (tertiary/aromatic N) is 4. The summed E-state index contributed by atoms with van der Waals surface area (Å²) in [5.74, 6) is 0.196. The summed E-state index contributed by atoms with van der Waals surface area (Å²) in [5.41, 5.74) is 2.26. The van der Waals surface area contributed by atoms with E-state index in [0.717, 1.165) is 36.6 Å². The van der Waals surface area contributed by atoms with Crippen molar-refractivity contribution in [3.63, 3.8) is 0 Å². The molecule has 2 aliphatic rings. The van der Waals surface area contributed by atoms with Gasteiger partial charge in [0.2, 0.25) is 5.91 Å². The number of carbonyl (C=O) groups excluding carboxylic acids is 2. The number of thiazole rings is 1. The smallest absolute Gasteiger partial charge is 0.409 e. The lowest BCUT2D eigenvalue weighted by Gasteiger charge is -2.38. The molecule has 0 bridgehead atoms. The van der Waals surface area contributed by atoms with Crippen LogP contribution in [0.3, 0.4) is 0 Å². The molecule has 2 aliphatic heterocycles. The number of hydrogen-bond acceptors (Lipinski definition) is 6. The molecule has 0 N–H and O–H groups in total. The molecule has 0 aliphatic carbocycles. The fourth-order valence-electron chi connectivity index (χ4n) is 4.09. The van der Waals surface area contributed by atoms with Crippen molar-refractivity contribution in [1.29, 1.82) is 0 Å². The maximum absolute atomic E-state index is 13.1. The molecule has 7 nitrogen and oxygen atoms in total. The minimum Gasteiger partial charge on any atom is -0.450 e. The first-order valence-corrected chi connectivity index (χ1v) is 11.2. The first-order valence-electron chi connectivity index (χ1n) is 10.4. The molecular weight excluding hydrogens is 388 g/mol. The van der Waals surface area contributed by atoms with Crippen molar-refractivity contribution in [2.75, 3.05) is 50.8 Å². The lowest BCUT2D eigenvalue weighted by atomic mass is 9.96. The van der Waals surface area contributed by atoms with Crippen LogP contribution in [0.2, 0.25) is 0 Å². The molecule has 1 aromatic heterocycles. The number of amides is 2. The van der Waals surface area contributed by atoms with Gasteiger partial charge in [-0.15, -0.1) is 0 Å². The maximum atomic E-state index is 13.1. The second-order valence-corrected chi connectivity index (χ2v) is 8.77.